The van der Waals surface area contributed by atoms with Gasteiger partial charge in [-0.1, -0.05) is 60.7 Å². The van der Waals surface area contributed by atoms with Gasteiger partial charge in [0, 0.05) is 13.8 Å². The first-order valence-corrected chi connectivity index (χ1v) is 10.0. The zero-order valence-electron chi connectivity index (χ0n) is 17.6. The molecule has 0 amide bonds. The Hall–Kier alpha value is -4.07. The molecule has 32 heavy (non-hydrogen) atoms. The quantitative estimate of drug-likeness (QED) is 0.377. The molecule has 0 aliphatic carbocycles. The molecule has 3 aromatic rings. The Bertz CT molecular complexity index is 1230. The number of aromatic hydroxyl groups is 1. The molecular formula is C24H22N2O6. The second kappa shape index (κ2) is 8.22. The number of esters is 2. The summed E-state index contributed by atoms with van der Waals surface area (Å²) in [5.41, 5.74) is 0.497. The van der Waals surface area contributed by atoms with Crippen LogP contribution in [0.25, 0.3) is 6.08 Å². The van der Waals surface area contributed by atoms with Crippen LogP contribution >= 0.6 is 0 Å². The Balaban J connectivity index is 1.81. The minimum atomic E-state index is -1.40. The lowest BCUT2D eigenvalue weighted by molar-refractivity contribution is -0.222. The third-order valence-corrected chi connectivity index (χ3v) is 5.00. The molecule has 2 heterocycles. The molecular weight excluding hydrogens is 412 g/mol. The van der Waals surface area contributed by atoms with Gasteiger partial charge in [0.2, 0.25) is 5.88 Å². The van der Waals surface area contributed by atoms with Crippen LogP contribution in [0.2, 0.25) is 0 Å². The molecule has 0 spiro atoms. The molecule has 2 aromatic carbocycles. The minimum Gasteiger partial charge on any atom is -0.493 e. The fourth-order valence-corrected chi connectivity index (χ4v) is 3.48. The van der Waals surface area contributed by atoms with E-state index in [1.807, 2.05) is 60.7 Å². The Morgan fingerprint density at radius 3 is 1.78 bits per heavy atom. The summed E-state index contributed by atoms with van der Waals surface area (Å²) in [7, 11) is 0. The van der Waals surface area contributed by atoms with E-state index in [9.17, 15) is 19.5 Å². The number of hydrogen-bond donors (Lipinski definition) is 1. The molecule has 0 atom stereocenters. The van der Waals surface area contributed by atoms with Crippen LogP contribution in [-0.4, -0.2) is 32.2 Å². The smallest absolute Gasteiger partial charge is 0.348 e. The van der Waals surface area contributed by atoms with E-state index in [-0.39, 0.29) is 24.5 Å². The Kier molecular flexibility index (Phi) is 5.44. The van der Waals surface area contributed by atoms with E-state index in [1.54, 1.807) is 0 Å². The van der Waals surface area contributed by atoms with Gasteiger partial charge in [-0.05, 0) is 17.2 Å². The zero-order chi connectivity index (χ0) is 22.9. The summed E-state index contributed by atoms with van der Waals surface area (Å²) >= 11 is 0. The van der Waals surface area contributed by atoms with Gasteiger partial charge in [0.15, 0.2) is 0 Å². The predicted octanol–water partition coefficient (Wildman–Crippen LogP) is 2.67. The van der Waals surface area contributed by atoms with Gasteiger partial charge in [-0.15, -0.1) is 0 Å². The van der Waals surface area contributed by atoms with E-state index in [0.29, 0.717) is 0 Å². The van der Waals surface area contributed by atoms with Crippen molar-refractivity contribution in [2.75, 3.05) is 0 Å². The number of cyclic esters (lactones) is 2. The number of benzene rings is 2. The van der Waals surface area contributed by atoms with Gasteiger partial charge in [0.25, 0.3) is 11.3 Å². The van der Waals surface area contributed by atoms with Gasteiger partial charge in [-0.25, -0.2) is 19.0 Å². The molecule has 1 aliphatic heterocycles. The van der Waals surface area contributed by atoms with Crippen molar-refractivity contribution in [2.24, 2.45) is 0 Å². The second-order valence-corrected chi connectivity index (χ2v) is 7.87. The van der Waals surface area contributed by atoms with Crippen molar-refractivity contribution in [3.63, 3.8) is 0 Å². The summed E-state index contributed by atoms with van der Waals surface area (Å²) in [6.45, 7) is 3.26. The molecule has 1 saturated heterocycles. The molecule has 0 radical (unpaired) electrons. The molecule has 0 bridgehead atoms. The van der Waals surface area contributed by atoms with E-state index in [0.717, 1.165) is 17.2 Å². The van der Waals surface area contributed by atoms with Gasteiger partial charge in [0.05, 0.1) is 13.1 Å². The average Bonchev–Trinajstić information content (AvgIpc) is 2.95. The summed E-state index contributed by atoms with van der Waals surface area (Å²) < 4.78 is 13.0. The summed E-state index contributed by atoms with van der Waals surface area (Å²) in [6, 6.07) is 18.6. The first-order valence-electron chi connectivity index (χ1n) is 10.0. The molecule has 4 rings (SSSR count). The lowest BCUT2D eigenvalue weighted by atomic mass is 10.1. The fourth-order valence-electron chi connectivity index (χ4n) is 3.48. The second-order valence-electron chi connectivity index (χ2n) is 7.87. The van der Waals surface area contributed by atoms with Crippen molar-refractivity contribution in [3.8, 4) is 5.88 Å². The van der Waals surface area contributed by atoms with Crippen molar-refractivity contribution in [1.29, 1.82) is 0 Å². The number of carbonyl (C=O) groups excluding carboxylic acids is 2. The van der Waals surface area contributed by atoms with Crippen LogP contribution in [0, 0.1) is 0 Å². The Morgan fingerprint density at radius 2 is 1.28 bits per heavy atom. The maximum Gasteiger partial charge on any atom is 0.348 e. The standard InChI is InChI=1S/C24H22N2O6/c1-24(2)31-22(29)19(23(30)32-24)13-18-20(27)25(14-16-9-5-3-6-10-16)26(21(18)28)15-17-11-7-4-8-12-17/h3-13,27H,14-15H2,1-2H3. The van der Waals surface area contributed by atoms with Crippen LogP contribution in [-0.2, 0) is 32.2 Å². The molecule has 1 aliphatic rings. The van der Waals surface area contributed by atoms with Crippen molar-refractivity contribution in [1.82, 2.24) is 9.36 Å². The van der Waals surface area contributed by atoms with E-state index >= 15 is 0 Å². The highest BCUT2D eigenvalue weighted by Crippen LogP contribution is 2.26. The van der Waals surface area contributed by atoms with Gasteiger partial charge in [0.1, 0.15) is 11.1 Å². The summed E-state index contributed by atoms with van der Waals surface area (Å²) in [5.74, 6) is -3.61. The van der Waals surface area contributed by atoms with Crippen molar-refractivity contribution in [3.05, 3.63) is 93.3 Å². The lowest BCUT2D eigenvalue weighted by Gasteiger charge is -2.29. The number of carbonyl (C=O) groups is 2. The van der Waals surface area contributed by atoms with Crippen LogP contribution in [0.3, 0.4) is 0 Å². The summed E-state index contributed by atoms with van der Waals surface area (Å²) in [6.07, 6.45) is 1.03. The molecule has 1 N–H and O–H groups in total. The Labute approximate surface area is 183 Å². The highest BCUT2D eigenvalue weighted by Gasteiger charge is 2.39. The molecule has 8 nitrogen and oxygen atoms in total. The molecule has 164 valence electrons. The maximum atomic E-state index is 13.3. The van der Waals surface area contributed by atoms with E-state index in [2.05, 4.69) is 0 Å². The molecule has 0 unspecified atom stereocenters. The van der Waals surface area contributed by atoms with Crippen molar-refractivity contribution < 1.29 is 24.2 Å². The average molecular weight is 434 g/mol. The van der Waals surface area contributed by atoms with Crippen LogP contribution < -0.4 is 5.56 Å². The van der Waals surface area contributed by atoms with Crippen molar-refractivity contribution >= 4 is 18.0 Å². The first-order chi connectivity index (χ1) is 15.2. The monoisotopic (exact) mass is 434 g/mol. The number of ether oxygens (including phenoxy) is 2. The summed E-state index contributed by atoms with van der Waals surface area (Å²) in [4.78, 5) is 37.9. The van der Waals surface area contributed by atoms with Crippen LogP contribution in [0.4, 0.5) is 0 Å². The fraction of sp³-hybridized carbons (Fsp3) is 0.208. The lowest BCUT2D eigenvalue weighted by Crippen LogP contribution is -2.41. The zero-order valence-corrected chi connectivity index (χ0v) is 17.6. The normalized spacial score (nSPS) is 15.2. The maximum absolute atomic E-state index is 13.3. The van der Waals surface area contributed by atoms with E-state index in [4.69, 9.17) is 9.47 Å². The predicted molar refractivity (Wildman–Crippen MR) is 116 cm³/mol. The van der Waals surface area contributed by atoms with Gasteiger partial charge < -0.3 is 14.6 Å². The third-order valence-electron chi connectivity index (χ3n) is 5.00. The van der Waals surface area contributed by atoms with Gasteiger partial charge in [-0.2, -0.15) is 0 Å². The summed E-state index contributed by atoms with van der Waals surface area (Å²) in [5, 5.41) is 10.9. The number of rotatable bonds is 5. The van der Waals surface area contributed by atoms with Crippen molar-refractivity contribution in [2.45, 2.75) is 32.7 Å². The van der Waals surface area contributed by atoms with Gasteiger partial charge in [-0.3, -0.25) is 4.79 Å². The van der Waals surface area contributed by atoms with Crippen LogP contribution in [0.5, 0.6) is 5.88 Å². The minimum absolute atomic E-state index is 0.186. The highest BCUT2D eigenvalue weighted by molar-refractivity contribution is 6.19. The van der Waals surface area contributed by atoms with Gasteiger partial charge >= 0.3 is 11.9 Å². The topological polar surface area (TPSA) is 99.8 Å². The SMILES string of the molecule is CC1(C)OC(=O)C(=Cc2c(O)n(Cc3ccccc3)n(Cc3ccccc3)c2=O)C(=O)O1. The third kappa shape index (κ3) is 4.20. The molecule has 1 aromatic heterocycles. The van der Waals surface area contributed by atoms with E-state index < -0.39 is 28.9 Å². The molecule has 0 saturated carbocycles. The Morgan fingerprint density at radius 1 is 0.812 bits per heavy atom. The van der Waals surface area contributed by atoms with Crippen LogP contribution in [0.15, 0.2) is 71.0 Å². The first kappa shape index (κ1) is 21.2. The number of hydrogen-bond acceptors (Lipinski definition) is 6. The molecule has 8 heteroatoms. The molecule has 1 fully saturated rings. The van der Waals surface area contributed by atoms with E-state index in [1.165, 1.54) is 23.2 Å². The largest absolute Gasteiger partial charge is 0.493 e. The number of nitrogens with zero attached hydrogens (tertiary/aromatic N) is 2. The highest BCUT2D eigenvalue weighted by atomic mass is 16.7. The number of aromatic nitrogens is 2. The van der Waals surface area contributed by atoms with Crippen LogP contribution in [0.1, 0.15) is 30.5 Å².